The highest BCUT2D eigenvalue weighted by molar-refractivity contribution is 5.67. The number of ether oxygens (including phenoxy) is 5. The minimum absolute atomic E-state index is 0.170. The van der Waals surface area contributed by atoms with Crippen LogP contribution < -0.4 is 5.32 Å². The fraction of sp³-hybridized carbons (Fsp3) is 0.977. The molecule has 0 aliphatic rings. The molecule has 0 aliphatic heterocycles. The molecule has 0 fully saturated rings. The molecule has 0 bridgehead atoms. The van der Waals surface area contributed by atoms with Gasteiger partial charge in [0.25, 0.3) is 0 Å². The first kappa shape index (κ1) is 49.1. The molecule has 0 aromatic rings. The molecular weight excluding hydrogens is 626 g/mol. The summed E-state index contributed by atoms with van der Waals surface area (Å²) in [5.41, 5.74) is -0.597. The molecule has 0 aromatic heterocycles. The van der Waals surface area contributed by atoms with Crippen LogP contribution in [-0.2, 0) is 23.7 Å². The lowest BCUT2D eigenvalue weighted by atomic mass is 10.0. The van der Waals surface area contributed by atoms with Gasteiger partial charge in [-0.1, -0.05) is 155 Å². The van der Waals surface area contributed by atoms with Gasteiger partial charge in [0.2, 0.25) is 0 Å². The molecule has 50 heavy (non-hydrogen) atoms. The monoisotopic (exact) mass is 714 g/mol. The quantitative estimate of drug-likeness (QED) is 0.0639. The van der Waals surface area contributed by atoms with Crippen LogP contribution in [0.5, 0.6) is 0 Å². The Bertz CT molecular complexity index is 716. The van der Waals surface area contributed by atoms with Gasteiger partial charge >= 0.3 is 6.09 Å². The molecule has 1 amide bonds. The number of nitrogens with one attached hydrogen (secondary N) is 1. The van der Waals surface area contributed by atoms with Gasteiger partial charge in [-0.05, 0) is 47.0 Å². The molecular formula is C43H87NO6. The highest BCUT2D eigenvalue weighted by atomic mass is 16.6. The van der Waals surface area contributed by atoms with Gasteiger partial charge in [-0.15, -0.1) is 0 Å². The molecule has 0 aliphatic carbocycles. The number of methoxy groups -OCH3 is 1. The van der Waals surface area contributed by atoms with E-state index in [1.165, 1.54) is 141 Å². The summed E-state index contributed by atoms with van der Waals surface area (Å²) in [6.07, 6.45) is 32.7. The maximum Gasteiger partial charge on any atom is 0.407 e. The van der Waals surface area contributed by atoms with E-state index in [2.05, 4.69) is 33.0 Å². The Hall–Kier alpha value is -0.890. The van der Waals surface area contributed by atoms with Crippen LogP contribution >= 0.6 is 0 Å². The number of carbonyl (C=O) groups is 1. The van der Waals surface area contributed by atoms with Crippen LogP contribution in [0.25, 0.3) is 0 Å². The molecule has 0 spiro atoms. The zero-order valence-electron chi connectivity index (χ0n) is 34.7. The fourth-order valence-corrected chi connectivity index (χ4v) is 6.00. The lowest BCUT2D eigenvalue weighted by molar-refractivity contribution is -0.0663. The molecule has 0 aromatic carbocycles. The predicted octanol–water partition coefficient (Wildman–Crippen LogP) is 12.5. The lowest BCUT2D eigenvalue weighted by Gasteiger charge is -2.28. The number of amides is 1. The number of unbranched alkanes of at least 4 members (excludes halogenated alkanes) is 22. The maximum atomic E-state index is 12.5. The average Bonchev–Trinajstić information content (AvgIpc) is 3.08. The van der Waals surface area contributed by atoms with E-state index in [4.69, 9.17) is 23.7 Å². The highest BCUT2D eigenvalue weighted by Crippen LogP contribution is 2.19. The Balaban J connectivity index is 4.29. The van der Waals surface area contributed by atoms with E-state index in [9.17, 15) is 4.79 Å². The first-order valence-corrected chi connectivity index (χ1v) is 21.4. The van der Waals surface area contributed by atoms with Gasteiger partial charge in [0.1, 0.15) is 0 Å². The highest BCUT2D eigenvalue weighted by Gasteiger charge is 2.22. The van der Waals surface area contributed by atoms with Crippen molar-refractivity contribution in [2.45, 2.75) is 226 Å². The van der Waals surface area contributed by atoms with Crippen molar-refractivity contribution in [1.82, 2.24) is 5.32 Å². The van der Waals surface area contributed by atoms with Gasteiger partial charge in [0.15, 0.2) is 0 Å². The van der Waals surface area contributed by atoms with Crippen molar-refractivity contribution in [1.29, 1.82) is 0 Å². The lowest BCUT2D eigenvalue weighted by Crippen LogP contribution is -2.38. The van der Waals surface area contributed by atoms with Crippen LogP contribution in [0.15, 0.2) is 0 Å². The first-order valence-electron chi connectivity index (χ1n) is 21.4. The molecule has 0 saturated heterocycles. The molecule has 0 heterocycles. The van der Waals surface area contributed by atoms with Crippen LogP contribution in [0.3, 0.4) is 0 Å². The largest absolute Gasteiger partial charge is 0.449 e. The van der Waals surface area contributed by atoms with Crippen LogP contribution in [0, 0.1) is 0 Å². The Morgan fingerprint density at radius 1 is 0.540 bits per heavy atom. The first-order chi connectivity index (χ1) is 24.2. The molecule has 1 N–H and O–H groups in total. The number of alkyl carbamates (subject to hydrolysis) is 1. The Labute approximate surface area is 311 Å². The molecule has 1 unspecified atom stereocenters. The minimum Gasteiger partial charge on any atom is -0.449 e. The summed E-state index contributed by atoms with van der Waals surface area (Å²) in [6, 6.07) is 0. The number of hydrogen-bond donors (Lipinski definition) is 1. The molecule has 300 valence electrons. The van der Waals surface area contributed by atoms with E-state index in [0.717, 1.165) is 25.9 Å². The van der Waals surface area contributed by atoms with Gasteiger partial charge in [0, 0.05) is 33.3 Å². The van der Waals surface area contributed by atoms with E-state index in [1.807, 2.05) is 13.8 Å². The number of hydrogen-bond acceptors (Lipinski definition) is 6. The van der Waals surface area contributed by atoms with Crippen LogP contribution in [0.2, 0.25) is 0 Å². The topological polar surface area (TPSA) is 75.3 Å². The Morgan fingerprint density at radius 3 is 1.42 bits per heavy atom. The standard InChI is InChI=1S/C43H87NO6/c1-8-10-12-14-16-18-20-22-24-26-28-30-34-47-39-40(48-35-31-29-27-25-23-21-19-17-15-13-11-9-2)38-44-41(45)49-36-32-43(5,6)50-37-33-42(3,4)46-7/h40H,8-39H2,1-7H3,(H,44,45). The van der Waals surface area contributed by atoms with E-state index >= 15 is 0 Å². The summed E-state index contributed by atoms with van der Waals surface area (Å²) < 4.78 is 29.3. The molecule has 0 saturated carbocycles. The zero-order valence-corrected chi connectivity index (χ0v) is 34.7. The fourth-order valence-electron chi connectivity index (χ4n) is 6.00. The zero-order chi connectivity index (χ0) is 37.0. The SMILES string of the molecule is CCCCCCCCCCCCCCOCC(CNC(=O)OCCC(C)(C)OCCC(C)(C)OC)OCCCCCCCCCCCCCC. The summed E-state index contributed by atoms with van der Waals surface area (Å²) >= 11 is 0. The van der Waals surface area contributed by atoms with Crippen molar-refractivity contribution < 1.29 is 28.5 Å². The van der Waals surface area contributed by atoms with Crippen LogP contribution in [-0.4, -0.2) is 70.1 Å². The summed E-state index contributed by atoms with van der Waals surface area (Å²) in [5, 5.41) is 2.91. The second kappa shape index (κ2) is 35.2. The van der Waals surface area contributed by atoms with Crippen molar-refractivity contribution in [3.63, 3.8) is 0 Å². The summed E-state index contributed by atoms with van der Waals surface area (Å²) in [4.78, 5) is 12.5. The molecule has 0 rings (SSSR count). The van der Waals surface area contributed by atoms with E-state index < -0.39 is 6.09 Å². The van der Waals surface area contributed by atoms with Crippen LogP contribution in [0.1, 0.15) is 208 Å². The van der Waals surface area contributed by atoms with Gasteiger partial charge in [0.05, 0.1) is 37.1 Å². The molecule has 7 nitrogen and oxygen atoms in total. The Kier molecular flexibility index (Phi) is 34.5. The van der Waals surface area contributed by atoms with Crippen molar-refractivity contribution >= 4 is 6.09 Å². The van der Waals surface area contributed by atoms with Gasteiger partial charge in [-0.2, -0.15) is 0 Å². The van der Waals surface area contributed by atoms with Gasteiger partial charge < -0.3 is 29.0 Å². The van der Waals surface area contributed by atoms with Gasteiger partial charge in [-0.3, -0.25) is 0 Å². The van der Waals surface area contributed by atoms with E-state index in [0.29, 0.717) is 39.4 Å². The van der Waals surface area contributed by atoms with Gasteiger partial charge in [-0.25, -0.2) is 4.79 Å². The number of carbonyl (C=O) groups excluding carboxylic acids is 1. The summed E-state index contributed by atoms with van der Waals surface area (Å²) in [6.45, 7) is 15.9. The summed E-state index contributed by atoms with van der Waals surface area (Å²) in [7, 11) is 1.72. The van der Waals surface area contributed by atoms with Crippen molar-refractivity contribution in [2.24, 2.45) is 0 Å². The minimum atomic E-state index is -0.416. The average molecular weight is 714 g/mol. The second-order valence-corrected chi connectivity index (χ2v) is 15.9. The maximum absolute atomic E-state index is 12.5. The predicted molar refractivity (Wildman–Crippen MR) is 212 cm³/mol. The second-order valence-electron chi connectivity index (χ2n) is 15.9. The van der Waals surface area contributed by atoms with Crippen molar-refractivity contribution in [3.8, 4) is 0 Å². The third kappa shape index (κ3) is 35.5. The smallest absolute Gasteiger partial charge is 0.407 e. The molecule has 1 atom stereocenters. The van der Waals surface area contributed by atoms with Crippen molar-refractivity contribution in [3.05, 3.63) is 0 Å². The van der Waals surface area contributed by atoms with E-state index in [1.54, 1.807) is 7.11 Å². The molecule has 0 radical (unpaired) electrons. The van der Waals surface area contributed by atoms with E-state index in [-0.39, 0.29) is 17.3 Å². The number of rotatable bonds is 39. The van der Waals surface area contributed by atoms with Crippen molar-refractivity contribution in [2.75, 3.05) is 46.7 Å². The molecule has 7 heteroatoms. The summed E-state index contributed by atoms with van der Waals surface area (Å²) in [5.74, 6) is 0. The van der Waals surface area contributed by atoms with Crippen LogP contribution in [0.4, 0.5) is 4.79 Å². The normalized spacial score (nSPS) is 12.8. The Morgan fingerprint density at radius 2 is 0.960 bits per heavy atom. The third-order valence-corrected chi connectivity index (χ3v) is 9.96. The third-order valence-electron chi connectivity index (χ3n) is 9.96.